The lowest BCUT2D eigenvalue weighted by atomic mass is 10.0. The summed E-state index contributed by atoms with van der Waals surface area (Å²) < 4.78 is 10.7. The first-order chi connectivity index (χ1) is 16.0. The zero-order chi connectivity index (χ0) is 24.2. The van der Waals surface area contributed by atoms with Crippen molar-refractivity contribution >= 4 is 17.9 Å². The molecule has 176 valence electrons. The van der Waals surface area contributed by atoms with Crippen LogP contribution in [0.1, 0.15) is 36.1 Å². The van der Waals surface area contributed by atoms with E-state index in [4.69, 9.17) is 9.47 Å². The van der Waals surface area contributed by atoms with Crippen molar-refractivity contribution < 1.29 is 24.5 Å². The summed E-state index contributed by atoms with van der Waals surface area (Å²) in [4.78, 5) is 14.8. The monoisotopic (exact) mass is 451 g/mol. The van der Waals surface area contributed by atoms with Crippen LogP contribution < -0.4 is 9.47 Å². The van der Waals surface area contributed by atoms with Gasteiger partial charge in [0, 0.05) is 24.9 Å². The van der Waals surface area contributed by atoms with Gasteiger partial charge in [-0.2, -0.15) is 0 Å². The summed E-state index contributed by atoms with van der Waals surface area (Å²) in [6, 6.07) is 11.0. The Morgan fingerprint density at radius 1 is 0.848 bits per heavy atom. The Morgan fingerprint density at radius 2 is 1.45 bits per heavy atom. The van der Waals surface area contributed by atoms with Gasteiger partial charge in [0.25, 0.3) is 0 Å². The summed E-state index contributed by atoms with van der Waals surface area (Å²) in [6.45, 7) is 5.30. The molecule has 0 spiro atoms. The van der Waals surface area contributed by atoms with Crippen LogP contribution in [-0.4, -0.2) is 48.2 Å². The Bertz CT molecular complexity index is 1020. The van der Waals surface area contributed by atoms with Gasteiger partial charge in [-0.05, 0) is 66.5 Å². The highest BCUT2D eigenvalue weighted by molar-refractivity contribution is 6.02. The maximum Gasteiger partial charge on any atom is 0.180 e. The number of hydrogen-bond donors (Lipinski definition) is 2. The number of aliphatic hydroxyl groups excluding tert-OH is 2. The maximum atomic E-state index is 12.7. The Hall–Kier alpha value is -3.35. The molecule has 2 N–H and O–H groups in total. The summed E-state index contributed by atoms with van der Waals surface area (Å²) in [7, 11) is 3.19. The van der Waals surface area contributed by atoms with Gasteiger partial charge in [-0.1, -0.05) is 30.4 Å². The maximum absolute atomic E-state index is 12.7. The van der Waals surface area contributed by atoms with E-state index in [-0.39, 0.29) is 19.0 Å². The fraction of sp³-hybridized carbons (Fsp3) is 0.296. The summed E-state index contributed by atoms with van der Waals surface area (Å²) in [6.07, 6.45) is 8.67. The molecule has 0 bridgehead atoms. The van der Waals surface area contributed by atoms with Gasteiger partial charge in [0.1, 0.15) is 0 Å². The molecule has 0 aliphatic carbocycles. The second-order valence-corrected chi connectivity index (χ2v) is 7.27. The fourth-order valence-corrected chi connectivity index (χ4v) is 3.39. The number of methoxy groups -OCH3 is 2. The van der Waals surface area contributed by atoms with Gasteiger partial charge in [0.15, 0.2) is 17.3 Å². The molecule has 6 heteroatoms. The van der Waals surface area contributed by atoms with E-state index >= 15 is 0 Å². The van der Waals surface area contributed by atoms with Crippen molar-refractivity contribution in [2.75, 3.05) is 27.3 Å². The minimum atomic E-state index is -0.168. The molecule has 0 heterocycles. The lowest BCUT2D eigenvalue weighted by Gasteiger charge is -2.22. The molecule has 2 rings (SSSR count). The van der Waals surface area contributed by atoms with E-state index in [0.29, 0.717) is 22.6 Å². The first kappa shape index (κ1) is 25.9. The Balaban J connectivity index is 2.28. The standard InChI is InChI=1S/C27H33NO5/c1-5-28(6-2)24(12-8-21-10-14-26(32-3)27(16-21)33-4)17-25(31)13-9-20-7-11-22(18-29)23(15-20)19-30/h7-17,29-30H,5-6,18-19H2,1-4H3/b12-8+,13-9+,24-17-. The first-order valence-corrected chi connectivity index (χ1v) is 10.9. The third kappa shape index (κ3) is 7.34. The molecular weight excluding hydrogens is 418 g/mol. The molecule has 0 aromatic heterocycles. The van der Waals surface area contributed by atoms with Crippen molar-refractivity contribution in [2.24, 2.45) is 0 Å². The molecule has 2 aromatic rings. The Morgan fingerprint density at radius 3 is 2.06 bits per heavy atom. The van der Waals surface area contributed by atoms with Crippen molar-refractivity contribution in [3.63, 3.8) is 0 Å². The van der Waals surface area contributed by atoms with E-state index < -0.39 is 0 Å². The largest absolute Gasteiger partial charge is 0.493 e. The lowest BCUT2D eigenvalue weighted by Crippen LogP contribution is -2.21. The van der Waals surface area contributed by atoms with E-state index in [1.54, 1.807) is 44.6 Å². The van der Waals surface area contributed by atoms with Crippen LogP contribution in [0.3, 0.4) is 0 Å². The van der Waals surface area contributed by atoms with Gasteiger partial charge in [-0.3, -0.25) is 4.79 Å². The second kappa shape index (κ2) is 13.3. The zero-order valence-corrected chi connectivity index (χ0v) is 19.7. The van der Waals surface area contributed by atoms with Crippen molar-refractivity contribution in [1.82, 2.24) is 4.90 Å². The molecule has 33 heavy (non-hydrogen) atoms. The number of nitrogens with zero attached hydrogens (tertiary/aromatic N) is 1. The Kier molecular flexibility index (Phi) is 10.4. The molecule has 0 atom stereocenters. The number of hydrogen-bond acceptors (Lipinski definition) is 6. The van der Waals surface area contributed by atoms with Crippen LogP contribution in [0.25, 0.3) is 12.2 Å². The van der Waals surface area contributed by atoms with Crippen LogP contribution in [0.2, 0.25) is 0 Å². The van der Waals surface area contributed by atoms with Crippen molar-refractivity contribution in [2.45, 2.75) is 27.1 Å². The average Bonchev–Trinajstić information content (AvgIpc) is 2.85. The number of likely N-dealkylation sites (N-methyl/N-ethyl adjacent to an activating group) is 1. The number of benzene rings is 2. The number of carbonyl (C=O) groups is 1. The number of ether oxygens (including phenoxy) is 2. The summed E-state index contributed by atoms with van der Waals surface area (Å²) in [5.41, 5.74) is 3.82. The molecule has 0 radical (unpaired) electrons. The highest BCUT2D eigenvalue weighted by Gasteiger charge is 2.07. The van der Waals surface area contributed by atoms with Crippen LogP contribution in [0.4, 0.5) is 0 Å². The summed E-state index contributed by atoms with van der Waals surface area (Å²) in [5, 5.41) is 18.8. The number of carbonyl (C=O) groups excluding carboxylic acids is 1. The molecule has 0 amide bonds. The van der Waals surface area contributed by atoms with E-state index in [1.165, 1.54) is 6.08 Å². The van der Waals surface area contributed by atoms with Crippen LogP contribution in [-0.2, 0) is 18.0 Å². The molecule has 0 unspecified atom stereocenters. The summed E-state index contributed by atoms with van der Waals surface area (Å²) >= 11 is 0. The van der Waals surface area contributed by atoms with E-state index in [1.807, 2.05) is 44.2 Å². The molecule has 0 saturated carbocycles. The van der Waals surface area contributed by atoms with Gasteiger partial charge in [0.2, 0.25) is 0 Å². The number of rotatable bonds is 12. The van der Waals surface area contributed by atoms with E-state index in [9.17, 15) is 15.0 Å². The molecule has 6 nitrogen and oxygen atoms in total. The minimum absolute atomic E-state index is 0.138. The molecule has 2 aromatic carbocycles. The van der Waals surface area contributed by atoms with Gasteiger partial charge in [-0.15, -0.1) is 0 Å². The molecule has 0 fully saturated rings. The zero-order valence-electron chi connectivity index (χ0n) is 19.7. The van der Waals surface area contributed by atoms with E-state index in [0.717, 1.165) is 29.9 Å². The van der Waals surface area contributed by atoms with Crippen LogP contribution in [0.5, 0.6) is 11.5 Å². The molecule has 0 aliphatic heterocycles. The smallest absolute Gasteiger partial charge is 0.180 e. The number of ketones is 1. The predicted octanol–water partition coefficient (Wildman–Crippen LogP) is 4.21. The fourth-order valence-electron chi connectivity index (χ4n) is 3.39. The van der Waals surface area contributed by atoms with Crippen molar-refractivity contribution in [3.8, 4) is 11.5 Å². The van der Waals surface area contributed by atoms with Crippen molar-refractivity contribution in [1.29, 1.82) is 0 Å². The predicted molar refractivity (Wildman–Crippen MR) is 132 cm³/mol. The summed E-state index contributed by atoms with van der Waals surface area (Å²) in [5.74, 6) is 1.15. The van der Waals surface area contributed by atoms with Crippen LogP contribution >= 0.6 is 0 Å². The van der Waals surface area contributed by atoms with Crippen LogP contribution in [0, 0.1) is 0 Å². The topological polar surface area (TPSA) is 79.2 Å². The van der Waals surface area contributed by atoms with Gasteiger partial charge in [0.05, 0.1) is 27.4 Å². The molecule has 0 saturated heterocycles. The average molecular weight is 452 g/mol. The van der Waals surface area contributed by atoms with Gasteiger partial charge in [-0.25, -0.2) is 0 Å². The third-order valence-electron chi connectivity index (χ3n) is 5.28. The van der Waals surface area contributed by atoms with Crippen LogP contribution in [0.15, 0.2) is 60.3 Å². The lowest BCUT2D eigenvalue weighted by molar-refractivity contribution is -0.110. The van der Waals surface area contributed by atoms with Gasteiger partial charge >= 0.3 is 0 Å². The first-order valence-electron chi connectivity index (χ1n) is 10.9. The highest BCUT2D eigenvalue weighted by atomic mass is 16.5. The highest BCUT2D eigenvalue weighted by Crippen LogP contribution is 2.28. The quantitative estimate of drug-likeness (QED) is 0.372. The number of aliphatic hydroxyl groups is 2. The second-order valence-electron chi connectivity index (χ2n) is 7.27. The van der Waals surface area contributed by atoms with E-state index in [2.05, 4.69) is 4.90 Å². The molecular formula is C27H33NO5. The minimum Gasteiger partial charge on any atom is -0.493 e. The number of allylic oxidation sites excluding steroid dienone is 3. The third-order valence-corrected chi connectivity index (χ3v) is 5.28. The Labute approximate surface area is 196 Å². The SMILES string of the molecule is CCN(CC)C(=C\C(=O)/C=C/c1ccc(CO)c(CO)c1)/C=C/c1ccc(OC)c(OC)c1. The normalized spacial score (nSPS) is 11.9. The molecule has 0 aliphatic rings. The van der Waals surface area contributed by atoms with Crippen molar-refractivity contribution in [3.05, 3.63) is 82.6 Å². The van der Waals surface area contributed by atoms with Gasteiger partial charge < -0.3 is 24.6 Å².